The van der Waals surface area contributed by atoms with Crippen molar-refractivity contribution in [3.05, 3.63) is 29.8 Å². The molecule has 1 rings (SSSR count). The first-order valence-corrected chi connectivity index (χ1v) is 9.52. The molecule has 0 radical (unpaired) electrons. The molecule has 0 aliphatic rings. The molecule has 150 valence electrons. The number of amides is 2. The van der Waals surface area contributed by atoms with E-state index in [1.54, 1.807) is 17.6 Å². The predicted octanol–water partition coefficient (Wildman–Crippen LogP) is 3.36. The van der Waals surface area contributed by atoms with Crippen molar-refractivity contribution in [3.63, 3.8) is 0 Å². The summed E-state index contributed by atoms with van der Waals surface area (Å²) in [6.45, 7) is 2.50. The van der Waals surface area contributed by atoms with E-state index in [4.69, 9.17) is 9.94 Å². The molecule has 0 saturated heterocycles. The van der Waals surface area contributed by atoms with Crippen molar-refractivity contribution in [2.24, 2.45) is 0 Å². The first-order valence-electron chi connectivity index (χ1n) is 9.52. The first-order chi connectivity index (χ1) is 13.0. The highest BCUT2D eigenvalue weighted by Crippen LogP contribution is 2.12. The Morgan fingerprint density at radius 3 is 2.15 bits per heavy atom. The van der Waals surface area contributed by atoms with E-state index in [-0.39, 0.29) is 24.2 Å². The molecule has 0 spiro atoms. The Labute approximate surface area is 160 Å². The smallest absolute Gasteiger partial charge is 0.310 e. The standard InChI is InChI=1S/C20H30N2O5/c1-2-3-14-27-20(25)15-16-10-12-17(13-11-16)21-18(23)8-6-4-5-7-9-19(24)22-26/h10-13,26H,2-9,14-15H2,1H3,(H,21,23)(H,22,24). The monoisotopic (exact) mass is 378 g/mol. The van der Waals surface area contributed by atoms with Gasteiger partial charge in [-0.2, -0.15) is 0 Å². The van der Waals surface area contributed by atoms with Crippen LogP contribution in [0, 0.1) is 0 Å². The molecule has 7 nitrogen and oxygen atoms in total. The van der Waals surface area contributed by atoms with Gasteiger partial charge < -0.3 is 10.1 Å². The Morgan fingerprint density at radius 2 is 1.56 bits per heavy atom. The molecule has 3 N–H and O–H groups in total. The average Bonchev–Trinajstić information content (AvgIpc) is 2.66. The van der Waals surface area contributed by atoms with E-state index in [1.807, 2.05) is 19.1 Å². The Balaban J connectivity index is 2.21. The number of hydrogen-bond acceptors (Lipinski definition) is 5. The number of hydroxylamine groups is 1. The number of unbranched alkanes of at least 4 members (excludes halogenated alkanes) is 4. The van der Waals surface area contributed by atoms with Gasteiger partial charge >= 0.3 is 5.97 Å². The van der Waals surface area contributed by atoms with E-state index < -0.39 is 0 Å². The number of nitrogens with one attached hydrogen (secondary N) is 2. The molecule has 27 heavy (non-hydrogen) atoms. The van der Waals surface area contributed by atoms with Gasteiger partial charge in [0.1, 0.15) is 0 Å². The molecule has 0 saturated carbocycles. The van der Waals surface area contributed by atoms with Crippen LogP contribution in [0.3, 0.4) is 0 Å². The lowest BCUT2D eigenvalue weighted by Crippen LogP contribution is -2.17. The zero-order chi connectivity index (χ0) is 19.9. The Bertz CT molecular complexity index is 587. The highest BCUT2D eigenvalue weighted by Gasteiger charge is 2.06. The summed E-state index contributed by atoms with van der Waals surface area (Å²) in [6.07, 6.45) is 5.92. The van der Waals surface area contributed by atoms with Crippen LogP contribution in [0.15, 0.2) is 24.3 Å². The summed E-state index contributed by atoms with van der Waals surface area (Å²) in [5.74, 6) is -0.683. The van der Waals surface area contributed by atoms with Crippen LogP contribution in [0.1, 0.15) is 63.9 Å². The SMILES string of the molecule is CCCCOC(=O)Cc1ccc(NC(=O)CCCCCCC(=O)NO)cc1. The van der Waals surface area contributed by atoms with Gasteiger partial charge in [0.15, 0.2) is 0 Å². The summed E-state index contributed by atoms with van der Waals surface area (Å²) in [5.41, 5.74) is 3.14. The van der Waals surface area contributed by atoms with Crippen LogP contribution in [-0.4, -0.2) is 29.6 Å². The Kier molecular flexibility index (Phi) is 11.5. The van der Waals surface area contributed by atoms with E-state index in [9.17, 15) is 14.4 Å². The van der Waals surface area contributed by atoms with Gasteiger partial charge in [-0.15, -0.1) is 0 Å². The molecule has 7 heteroatoms. The number of benzene rings is 1. The molecule has 0 aliphatic heterocycles. The zero-order valence-corrected chi connectivity index (χ0v) is 16.0. The van der Waals surface area contributed by atoms with Crippen molar-refractivity contribution in [2.45, 2.75) is 64.7 Å². The lowest BCUT2D eigenvalue weighted by molar-refractivity contribution is -0.143. The Morgan fingerprint density at radius 1 is 0.926 bits per heavy atom. The summed E-state index contributed by atoms with van der Waals surface area (Å²) in [6, 6.07) is 7.17. The molecule has 1 aromatic carbocycles. The topological polar surface area (TPSA) is 105 Å². The molecule has 0 bridgehead atoms. The average molecular weight is 378 g/mol. The summed E-state index contributed by atoms with van der Waals surface area (Å²) in [4.78, 5) is 34.4. The van der Waals surface area contributed by atoms with E-state index in [1.165, 1.54) is 0 Å². The van der Waals surface area contributed by atoms with Crippen LogP contribution in [0.5, 0.6) is 0 Å². The fraction of sp³-hybridized carbons (Fsp3) is 0.550. The van der Waals surface area contributed by atoms with Crippen LogP contribution < -0.4 is 10.8 Å². The second-order valence-corrected chi connectivity index (χ2v) is 6.45. The molecule has 0 heterocycles. The lowest BCUT2D eigenvalue weighted by atomic mass is 10.1. The van der Waals surface area contributed by atoms with Crippen molar-refractivity contribution in [3.8, 4) is 0 Å². The third kappa shape index (κ3) is 11.0. The van der Waals surface area contributed by atoms with Gasteiger partial charge in [0, 0.05) is 18.5 Å². The van der Waals surface area contributed by atoms with Crippen LogP contribution in [0.2, 0.25) is 0 Å². The quantitative estimate of drug-likeness (QED) is 0.211. The molecule has 2 amide bonds. The molecule has 0 atom stereocenters. The van der Waals surface area contributed by atoms with Crippen molar-refractivity contribution in [1.82, 2.24) is 5.48 Å². The third-order valence-corrected chi connectivity index (χ3v) is 4.03. The fourth-order valence-electron chi connectivity index (χ4n) is 2.46. The molecule has 1 aromatic rings. The number of carbonyl (C=O) groups excluding carboxylic acids is 3. The van der Waals surface area contributed by atoms with Crippen molar-refractivity contribution >= 4 is 23.5 Å². The molecular weight excluding hydrogens is 348 g/mol. The summed E-state index contributed by atoms with van der Waals surface area (Å²) in [5, 5.41) is 11.2. The number of rotatable bonds is 13. The second kappa shape index (κ2) is 13.7. The van der Waals surface area contributed by atoms with E-state index in [0.717, 1.165) is 37.7 Å². The number of hydrogen-bond donors (Lipinski definition) is 3. The van der Waals surface area contributed by atoms with Crippen LogP contribution in [0.25, 0.3) is 0 Å². The highest BCUT2D eigenvalue weighted by atomic mass is 16.5. The molecular formula is C20H30N2O5. The minimum absolute atomic E-state index is 0.0603. The number of anilines is 1. The largest absolute Gasteiger partial charge is 0.465 e. The maximum Gasteiger partial charge on any atom is 0.310 e. The maximum atomic E-state index is 11.9. The first kappa shape index (κ1) is 22.6. The van der Waals surface area contributed by atoms with Gasteiger partial charge in [0.2, 0.25) is 11.8 Å². The van der Waals surface area contributed by atoms with Gasteiger partial charge in [-0.1, -0.05) is 38.3 Å². The number of carbonyl (C=O) groups is 3. The van der Waals surface area contributed by atoms with Gasteiger partial charge in [0.25, 0.3) is 0 Å². The molecule has 0 aliphatic carbocycles. The second-order valence-electron chi connectivity index (χ2n) is 6.45. The van der Waals surface area contributed by atoms with Crippen LogP contribution in [-0.2, 0) is 25.5 Å². The van der Waals surface area contributed by atoms with E-state index in [2.05, 4.69) is 5.32 Å². The zero-order valence-electron chi connectivity index (χ0n) is 16.0. The summed E-state index contributed by atoms with van der Waals surface area (Å²) in [7, 11) is 0. The van der Waals surface area contributed by atoms with Gasteiger partial charge in [-0.05, 0) is 37.0 Å². The molecule has 0 unspecified atom stereocenters. The maximum absolute atomic E-state index is 11.9. The van der Waals surface area contributed by atoms with Crippen LogP contribution >= 0.6 is 0 Å². The van der Waals surface area contributed by atoms with Crippen molar-refractivity contribution in [2.75, 3.05) is 11.9 Å². The predicted molar refractivity (Wildman–Crippen MR) is 102 cm³/mol. The van der Waals surface area contributed by atoms with Gasteiger partial charge in [-0.3, -0.25) is 19.6 Å². The number of esters is 1. The van der Waals surface area contributed by atoms with Gasteiger partial charge in [0.05, 0.1) is 13.0 Å². The molecule has 0 fully saturated rings. The fourth-order valence-corrected chi connectivity index (χ4v) is 2.46. The molecule has 0 aromatic heterocycles. The minimum atomic E-state index is -0.384. The van der Waals surface area contributed by atoms with Crippen molar-refractivity contribution < 1.29 is 24.3 Å². The summed E-state index contributed by atoms with van der Waals surface area (Å²) < 4.78 is 5.13. The van der Waals surface area contributed by atoms with Gasteiger partial charge in [-0.25, -0.2) is 5.48 Å². The van der Waals surface area contributed by atoms with E-state index in [0.29, 0.717) is 31.6 Å². The minimum Gasteiger partial charge on any atom is -0.465 e. The number of ether oxygens (including phenoxy) is 1. The third-order valence-electron chi connectivity index (χ3n) is 4.03. The van der Waals surface area contributed by atoms with Crippen molar-refractivity contribution in [1.29, 1.82) is 0 Å². The van der Waals surface area contributed by atoms with Crippen LogP contribution in [0.4, 0.5) is 5.69 Å². The Hall–Kier alpha value is -2.41. The highest BCUT2D eigenvalue weighted by molar-refractivity contribution is 5.90. The normalized spacial score (nSPS) is 10.3. The van der Waals surface area contributed by atoms with E-state index >= 15 is 0 Å². The summed E-state index contributed by atoms with van der Waals surface area (Å²) >= 11 is 0. The lowest BCUT2D eigenvalue weighted by Gasteiger charge is -2.07.